The highest BCUT2D eigenvalue weighted by Gasteiger charge is 2.21. The molecule has 0 radical (unpaired) electrons. The largest absolute Gasteiger partial charge is 0.487 e. The summed E-state index contributed by atoms with van der Waals surface area (Å²) >= 11 is 18.2. The molecule has 2 aromatic carbocycles. The summed E-state index contributed by atoms with van der Waals surface area (Å²) in [6, 6.07) is 10.1. The van der Waals surface area contributed by atoms with E-state index in [0.29, 0.717) is 15.6 Å². The van der Waals surface area contributed by atoms with Gasteiger partial charge in [0.05, 0.1) is 19.2 Å². The minimum absolute atomic E-state index is 0.186. The van der Waals surface area contributed by atoms with E-state index >= 15 is 0 Å². The first-order chi connectivity index (χ1) is 12.8. The highest BCUT2D eigenvalue weighted by atomic mass is 35.5. The van der Waals surface area contributed by atoms with Gasteiger partial charge in [0.1, 0.15) is 17.9 Å². The van der Waals surface area contributed by atoms with Crippen molar-refractivity contribution >= 4 is 52.8 Å². The summed E-state index contributed by atoms with van der Waals surface area (Å²) in [5, 5.41) is 1.13. The van der Waals surface area contributed by atoms with Crippen LogP contribution in [0.5, 0.6) is 5.75 Å². The van der Waals surface area contributed by atoms with E-state index in [2.05, 4.69) is 9.47 Å². The Bertz CT molecular complexity index is 858. The van der Waals surface area contributed by atoms with Crippen molar-refractivity contribution < 1.29 is 23.8 Å². The topological polar surface area (TPSA) is 61.8 Å². The smallest absolute Gasteiger partial charge is 0.345 e. The van der Waals surface area contributed by atoms with Gasteiger partial charge in [-0.05, 0) is 35.9 Å². The Morgan fingerprint density at radius 1 is 0.926 bits per heavy atom. The average molecular weight is 430 g/mol. The van der Waals surface area contributed by atoms with E-state index < -0.39 is 11.9 Å². The number of benzene rings is 2. The van der Waals surface area contributed by atoms with Crippen LogP contribution in [-0.4, -0.2) is 26.2 Å². The lowest BCUT2D eigenvalue weighted by Gasteiger charge is -2.13. The van der Waals surface area contributed by atoms with Gasteiger partial charge in [-0.3, -0.25) is 0 Å². The van der Waals surface area contributed by atoms with Crippen molar-refractivity contribution in [3.8, 4) is 5.75 Å². The molecule has 0 aliphatic heterocycles. The van der Waals surface area contributed by atoms with Crippen LogP contribution in [0.15, 0.2) is 42.0 Å². The number of esters is 2. The van der Waals surface area contributed by atoms with E-state index in [4.69, 9.17) is 39.5 Å². The molecule has 0 aliphatic carbocycles. The lowest BCUT2D eigenvalue weighted by atomic mass is 10.1. The minimum Gasteiger partial charge on any atom is -0.487 e. The van der Waals surface area contributed by atoms with Gasteiger partial charge in [-0.15, -0.1) is 0 Å². The van der Waals surface area contributed by atoms with Crippen molar-refractivity contribution in [1.29, 1.82) is 0 Å². The maximum absolute atomic E-state index is 11.9. The fourth-order valence-corrected chi connectivity index (χ4v) is 2.84. The second-order valence-corrected chi connectivity index (χ2v) is 6.54. The molecule has 0 aliphatic rings. The molecule has 0 fully saturated rings. The first kappa shape index (κ1) is 21.1. The molecule has 142 valence electrons. The lowest BCUT2D eigenvalue weighted by Crippen LogP contribution is -2.15. The molecule has 5 nitrogen and oxygen atoms in total. The van der Waals surface area contributed by atoms with Gasteiger partial charge < -0.3 is 14.2 Å². The first-order valence-electron chi connectivity index (χ1n) is 7.60. The summed E-state index contributed by atoms with van der Waals surface area (Å²) in [6.45, 7) is 0.186. The maximum atomic E-state index is 11.9. The van der Waals surface area contributed by atoms with Gasteiger partial charge in [0.2, 0.25) is 0 Å². The number of rotatable bonds is 6. The van der Waals surface area contributed by atoms with Crippen LogP contribution < -0.4 is 4.74 Å². The normalized spacial score (nSPS) is 10.1. The van der Waals surface area contributed by atoms with E-state index in [1.165, 1.54) is 18.2 Å². The third kappa shape index (κ3) is 5.63. The van der Waals surface area contributed by atoms with E-state index in [0.717, 1.165) is 19.8 Å². The van der Waals surface area contributed by atoms with Gasteiger partial charge in [0, 0.05) is 15.6 Å². The zero-order valence-electron chi connectivity index (χ0n) is 14.4. The minimum atomic E-state index is -0.860. The Morgan fingerprint density at radius 2 is 1.52 bits per heavy atom. The van der Waals surface area contributed by atoms with Crippen molar-refractivity contribution in [3.05, 3.63) is 68.2 Å². The molecule has 0 saturated heterocycles. The fourth-order valence-electron chi connectivity index (χ4n) is 2.15. The van der Waals surface area contributed by atoms with Crippen molar-refractivity contribution in [3.63, 3.8) is 0 Å². The number of carbonyl (C=O) groups is 2. The Labute approximate surface area is 171 Å². The summed E-state index contributed by atoms with van der Waals surface area (Å²) < 4.78 is 15.0. The second-order valence-electron chi connectivity index (χ2n) is 5.26. The maximum Gasteiger partial charge on any atom is 0.345 e. The summed E-state index contributed by atoms with van der Waals surface area (Å²) in [5.41, 5.74) is 0.850. The number of halogens is 3. The molecule has 0 bridgehead atoms. The molecule has 0 amide bonds. The molecule has 0 unspecified atom stereocenters. The van der Waals surface area contributed by atoms with Gasteiger partial charge in [-0.25, -0.2) is 9.59 Å². The zero-order valence-corrected chi connectivity index (χ0v) is 16.7. The van der Waals surface area contributed by atoms with Gasteiger partial charge >= 0.3 is 11.9 Å². The summed E-state index contributed by atoms with van der Waals surface area (Å²) in [6.07, 6.45) is 1.26. The van der Waals surface area contributed by atoms with Crippen LogP contribution in [-0.2, 0) is 25.7 Å². The Kier molecular flexibility index (Phi) is 7.54. The third-order valence-corrected chi connectivity index (χ3v) is 4.19. The monoisotopic (exact) mass is 428 g/mol. The summed E-state index contributed by atoms with van der Waals surface area (Å²) in [7, 11) is 2.31. The zero-order chi connectivity index (χ0) is 20.0. The molecule has 8 heteroatoms. The number of methoxy groups -OCH3 is 2. The van der Waals surface area contributed by atoms with E-state index in [9.17, 15) is 9.59 Å². The molecule has 2 rings (SSSR count). The predicted octanol–water partition coefficient (Wildman–Crippen LogP) is 4.96. The summed E-state index contributed by atoms with van der Waals surface area (Å²) in [5.74, 6) is -1.47. The van der Waals surface area contributed by atoms with Gasteiger partial charge in [0.15, 0.2) is 0 Å². The van der Waals surface area contributed by atoms with Crippen molar-refractivity contribution in [2.45, 2.75) is 6.61 Å². The van der Waals surface area contributed by atoms with Crippen molar-refractivity contribution in [2.24, 2.45) is 0 Å². The van der Waals surface area contributed by atoms with Crippen LogP contribution in [0.25, 0.3) is 6.08 Å². The van der Waals surface area contributed by atoms with Crippen molar-refractivity contribution in [1.82, 2.24) is 0 Å². The van der Waals surface area contributed by atoms with Crippen LogP contribution in [0.4, 0.5) is 0 Å². The Morgan fingerprint density at radius 3 is 2.07 bits per heavy atom. The van der Waals surface area contributed by atoms with E-state index in [1.807, 2.05) is 0 Å². The molecule has 0 saturated carbocycles. The quantitative estimate of drug-likeness (QED) is 0.281. The van der Waals surface area contributed by atoms with Gasteiger partial charge in [-0.1, -0.05) is 46.9 Å². The predicted molar refractivity (Wildman–Crippen MR) is 104 cm³/mol. The lowest BCUT2D eigenvalue weighted by molar-refractivity contribution is -0.143. The van der Waals surface area contributed by atoms with Crippen LogP contribution >= 0.6 is 34.8 Å². The van der Waals surface area contributed by atoms with Crippen LogP contribution in [0, 0.1) is 0 Å². The SMILES string of the molecule is COC(=O)C(=Cc1cc(Cl)cc(Cl)c1OCc1ccc(Cl)cc1)C(=O)OC. The molecular formula is C19H15Cl3O5. The van der Waals surface area contributed by atoms with Crippen molar-refractivity contribution in [2.75, 3.05) is 14.2 Å². The Hall–Kier alpha value is -2.21. The van der Waals surface area contributed by atoms with Crippen LogP contribution in [0.1, 0.15) is 11.1 Å². The van der Waals surface area contributed by atoms with E-state index in [-0.39, 0.29) is 23.0 Å². The molecule has 0 aromatic heterocycles. The van der Waals surface area contributed by atoms with Crippen LogP contribution in [0.2, 0.25) is 15.1 Å². The molecular weight excluding hydrogens is 415 g/mol. The molecule has 2 aromatic rings. The average Bonchev–Trinajstić information content (AvgIpc) is 2.65. The molecule has 0 heterocycles. The number of hydrogen-bond donors (Lipinski definition) is 0. The Balaban J connectivity index is 2.42. The molecule has 0 spiro atoms. The molecule has 0 N–H and O–H groups in total. The standard InChI is InChI=1S/C19H15Cl3O5/c1-25-18(23)15(19(24)26-2)8-12-7-14(21)9-16(22)17(12)27-10-11-3-5-13(20)6-4-11/h3-9H,10H2,1-2H3. The van der Waals surface area contributed by atoms with E-state index in [1.54, 1.807) is 24.3 Å². The number of carbonyl (C=O) groups excluding carboxylic acids is 2. The molecule has 0 atom stereocenters. The summed E-state index contributed by atoms with van der Waals surface area (Å²) in [4.78, 5) is 23.8. The highest BCUT2D eigenvalue weighted by molar-refractivity contribution is 6.36. The van der Waals surface area contributed by atoms with Crippen LogP contribution in [0.3, 0.4) is 0 Å². The highest BCUT2D eigenvalue weighted by Crippen LogP contribution is 2.34. The molecule has 27 heavy (non-hydrogen) atoms. The fraction of sp³-hybridized carbons (Fsp3) is 0.158. The number of ether oxygens (including phenoxy) is 3. The second kappa shape index (κ2) is 9.65. The first-order valence-corrected chi connectivity index (χ1v) is 8.73. The third-order valence-electron chi connectivity index (χ3n) is 3.44. The van der Waals surface area contributed by atoms with Gasteiger partial charge in [-0.2, -0.15) is 0 Å². The number of hydrogen-bond acceptors (Lipinski definition) is 5. The van der Waals surface area contributed by atoms with Gasteiger partial charge in [0.25, 0.3) is 0 Å².